The maximum atomic E-state index is 10.5. The van der Waals surface area contributed by atoms with Gasteiger partial charge in [0.25, 0.3) is 0 Å². The van der Waals surface area contributed by atoms with Gasteiger partial charge in [0.15, 0.2) is 0 Å². The van der Waals surface area contributed by atoms with Crippen molar-refractivity contribution in [2.24, 2.45) is 0 Å². The second-order valence-electron chi connectivity index (χ2n) is 6.77. The Morgan fingerprint density at radius 3 is 1.81 bits per heavy atom. The van der Waals surface area contributed by atoms with E-state index in [0.717, 1.165) is 0 Å². The lowest BCUT2D eigenvalue weighted by atomic mass is 10.0. The molecule has 0 heterocycles. The van der Waals surface area contributed by atoms with Gasteiger partial charge in [-0.05, 0) is 39.0 Å². The molecule has 0 aromatic heterocycles. The summed E-state index contributed by atoms with van der Waals surface area (Å²) in [7, 11) is 0. The molecule has 0 aliphatic rings. The van der Waals surface area contributed by atoms with Crippen molar-refractivity contribution in [1.29, 1.82) is 0 Å². The maximum Gasteiger partial charge on any atom is 0.430 e. The Balaban J connectivity index is 0. The van der Waals surface area contributed by atoms with E-state index in [9.17, 15) is 13.2 Å². The normalized spacial score (nSPS) is 12.7. The molecule has 0 rings (SSSR count). The van der Waals surface area contributed by atoms with E-state index in [0.29, 0.717) is 6.04 Å². The van der Waals surface area contributed by atoms with Gasteiger partial charge in [0.05, 0.1) is 6.04 Å². The average molecular weight is 382 g/mol. The number of allylic oxidation sites excluding steroid dienone is 2. The molecule has 6 heteroatoms. The van der Waals surface area contributed by atoms with E-state index in [1.165, 1.54) is 83.5 Å². The van der Waals surface area contributed by atoms with Gasteiger partial charge in [-0.25, -0.2) is 0 Å². The van der Waals surface area contributed by atoms with Crippen molar-refractivity contribution < 1.29 is 28.8 Å². The second-order valence-corrected chi connectivity index (χ2v) is 6.77. The molecular weight excluding hydrogens is 343 g/mol. The number of carbonyl (C=O) groups excluding carboxylic acids is 1. The van der Waals surface area contributed by atoms with Gasteiger partial charge in [-0.15, -0.1) is 0 Å². The number of quaternary nitrogens is 1. The summed E-state index contributed by atoms with van der Waals surface area (Å²) >= 11 is 0. The van der Waals surface area contributed by atoms with Gasteiger partial charge in [-0.1, -0.05) is 70.4 Å². The third-order valence-corrected chi connectivity index (χ3v) is 4.17. The number of unbranched alkanes of at least 4 members (excludes halogenated alkanes) is 9. The predicted octanol–water partition coefficient (Wildman–Crippen LogP) is 4.56. The highest BCUT2D eigenvalue weighted by molar-refractivity contribution is 5.70. The third kappa shape index (κ3) is 23.0. The van der Waals surface area contributed by atoms with Crippen LogP contribution in [0.15, 0.2) is 12.2 Å². The number of rotatable bonds is 14. The fraction of sp³-hybridized carbons (Fsp3) is 0.850. The van der Waals surface area contributed by atoms with Crippen molar-refractivity contribution in [1.82, 2.24) is 0 Å². The fourth-order valence-corrected chi connectivity index (χ4v) is 2.58. The van der Waals surface area contributed by atoms with Gasteiger partial charge in [0.1, 0.15) is 5.97 Å². The average Bonchev–Trinajstić information content (AvgIpc) is 2.57. The zero-order valence-electron chi connectivity index (χ0n) is 16.6. The number of alkyl halides is 3. The first-order valence-electron chi connectivity index (χ1n) is 9.98. The Kier molecular flexibility index (Phi) is 19.6. The van der Waals surface area contributed by atoms with Crippen molar-refractivity contribution in [2.75, 3.05) is 0 Å². The first-order chi connectivity index (χ1) is 12.3. The smallest absolute Gasteiger partial charge is 0.430 e. The van der Waals surface area contributed by atoms with E-state index in [1.807, 2.05) is 0 Å². The number of halogens is 3. The monoisotopic (exact) mass is 381 g/mol. The highest BCUT2D eigenvalue weighted by Gasteiger charge is 2.28. The van der Waals surface area contributed by atoms with Gasteiger partial charge >= 0.3 is 6.18 Å². The summed E-state index contributed by atoms with van der Waals surface area (Å²) < 4.78 is 31.5. The van der Waals surface area contributed by atoms with Gasteiger partial charge in [-0.2, -0.15) is 13.2 Å². The van der Waals surface area contributed by atoms with Crippen LogP contribution >= 0.6 is 0 Å². The van der Waals surface area contributed by atoms with Gasteiger partial charge in [0.2, 0.25) is 0 Å². The number of hydrogen-bond donors (Lipinski definition) is 1. The molecule has 0 aliphatic carbocycles. The lowest BCUT2D eigenvalue weighted by molar-refractivity contribution is -0.423. The SMILES string of the molecule is CC=CCCCC([NH3+])CCCCCCCCCCC.O=C([O-])C(F)(F)F. The molecule has 1 unspecified atom stereocenters. The Bertz CT molecular complexity index is 344. The van der Waals surface area contributed by atoms with E-state index in [-0.39, 0.29) is 0 Å². The summed E-state index contributed by atoms with van der Waals surface area (Å²) in [6.07, 6.45) is 17.3. The van der Waals surface area contributed by atoms with Crippen molar-refractivity contribution in [3.8, 4) is 0 Å². The summed E-state index contributed by atoms with van der Waals surface area (Å²) in [5, 5.41) is 8.78. The molecule has 0 aromatic carbocycles. The molecule has 0 saturated heterocycles. The predicted molar refractivity (Wildman–Crippen MR) is 98.2 cm³/mol. The van der Waals surface area contributed by atoms with Crippen LogP contribution < -0.4 is 10.8 Å². The van der Waals surface area contributed by atoms with Crippen LogP contribution in [0.2, 0.25) is 0 Å². The van der Waals surface area contributed by atoms with Crippen LogP contribution in [0.4, 0.5) is 13.2 Å². The molecule has 0 spiro atoms. The molecule has 156 valence electrons. The van der Waals surface area contributed by atoms with E-state index in [4.69, 9.17) is 9.90 Å². The summed E-state index contributed by atoms with van der Waals surface area (Å²) in [4.78, 5) is 8.78. The lowest BCUT2D eigenvalue weighted by Crippen LogP contribution is -2.60. The lowest BCUT2D eigenvalue weighted by Gasteiger charge is -2.07. The molecule has 0 bridgehead atoms. The molecule has 1 atom stereocenters. The van der Waals surface area contributed by atoms with Crippen LogP contribution in [0.1, 0.15) is 97.3 Å². The molecule has 0 aliphatic heterocycles. The van der Waals surface area contributed by atoms with Gasteiger partial charge in [-0.3, -0.25) is 0 Å². The summed E-state index contributed by atoms with van der Waals surface area (Å²) in [6, 6.07) is 0.690. The van der Waals surface area contributed by atoms with Crippen LogP contribution in [0.3, 0.4) is 0 Å². The minimum absolute atomic E-state index is 0.690. The maximum absolute atomic E-state index is 10.5. The number of carboxylic acid groups (broad SMARTS) is 1. The van der Waals surface area contributed by atoms with E-state index >= 15 is 0 Å². The number of aliphatic carboxylic acids is 1. The number of hydrogen-bond acceptors (Lipinski definition) is 2. The van der Waals surface area contributed by atoms with Crippen LogP contribution in [0.25, 0.3) is 0 Å². The van der Waals surface area contributed by atoms with Gasteiger partial charge in [0, 0.05) is 0 Å². The Morgan fingerprint density at radius 2 is 1.38 bits per heavy atom. The first-order valence-corrected chi connectivity index (χ1v) is 9.98. The quantitative estimate of drug-likeness (QED) is 0.354. The summed E-state index contributed by atoms with van der Waals surface area (Å²) in [5.74, 6) is -3.01. The van der Waals surface area contributed by atoms with Crippen molar-refractivity contribution >= 4 is 5.97 Å². The molecule has 3 N–H and O–H groups in total. The third-order valence-electron chi connectivity index (χ3n) is 4.17. The molecule has 0 fully saturated rings. The van der Waals surface area contributed by atoms with Crippen LogP contribution in [0, 0.1) is 0 Å². The topological polar surface area (TPSA) is 67.8 Å². The second kappa shape index (κ2) is 18.7. The molecule has 0 amide bonds. The minimum Gasteiger partial charge on any atom is -0.542 e. The van der Waals surface area contributed by atoms with Crippen LogP contribution in [-0.2, 0) is 4.79 Å². The molecule has 3 nitrogen and oxygen atoms in total. The van der Waals surface area contributed by atoms with Gasteiger partial charge < -0.3 is 15.6 Å². The first kappa shape index (κ1) is 27.2. The summed E-state index contributed by atoms with van der Waals surface area (Å²) in [6.45, 7) is 4.39. The van der Waals surface area contributed by atoms with Crippen molar-refractivity contribution in [3.05, 3.63) is 12.2 Å². The van der Waals surface area contributed by atoms with E-state index < -0.39 is 12.1 Å². The molecule has 0 radical (unpaired) electrons. The highest BCUT2D eigenvalue weighted by atomic mass is 19.4. The van der Waals surface area contributed by atoms with Crippen molar-refractivity contribution in [3.63, 3.8) is 0 Å². The Labute approximate surface area is 157 Å². The van der Waals surface area contributed by atoms with Crippen molar-refractivity contribution in [2.45, 2.75) is 110 Å². The zero-order chi connectivity index (χ0) is 20.3. The molecule has 0 aromatic rings. The molecule has 26 heavy (non-hydrogen) atoms. The summed E-state index contributed by atoms with van der Waals surface area (Å²) in [5.41, 5.74) is 4.28. The standard InChI is InChI=1S/C18H37N.C2HF3O2/c1-3-5-7-9-10-11-12-13-15-17-18(19)16-14-8-6-4-2;3-2(4,5)1(6)7/h4,6,18H,3,5,7-17,19H2,1-2H3;(H,6,7). The Hall–Kier alpha value is -1.04. The Morgan fingerprint density at radius 1 is 0.962 bits per heavy atom. The molecule has 0 saturated carbocycles. The number of carbonyl (C=O) groups is 1. The number of carboxylic acids is 1. The van der Waals surface area contributed by atoms with Crippen LogP contribution in [-0.4, -0.2) is 18.2 Å². The largest absolute Gasteiger partial charge is 0.542 e. The fourth-order valence-electron chi connectivity index (χ4n) is 2.58. The highest BCUT2D eigenvalue weighted by Crippen LogP contribution is 2.12. The van der Waals surface area contributed by atoms with E-state index in [2.05, 4.69) is 31.7 Å². The van der Waals surface area contributed by atoms with E-state index in [1.54, 1.807) is 0 Å². The zero-order valence-corrected chi connectivity index (χ0v) is 16.6. The molecular formula is C20H38F3NO2. The minimum atomic E-state index is -5.19. The van der Waals surface area contributed by atoms with Crippen LogP contribution in [0.5, 0.6) is 0 Å².